The summed E-state index contributed by atoms with van der Waals surface area (Å²) in [6.45, 7) is 5.40. The van der Waals surface area contributed by atoms with Crippen LogP contribution in [0.5, 0.6) is 0 Å². The molecule has 0 spiro atoms. The molecule has 1 aromatic carbocycles. The van der Waals surface area contributed by atoms with Gasteiger partial charge in [0.25, 0.3) is 0 Å². The maximum Gasteiger partial charge on any atom is 0.170 e. The number of nitrogens with two attached hydrogens (primary N) is 1. The zero-order chi connectivity index (χ0) is 14.7. The van der Waals surface area contributed by atoms with Crippen molar-refractivity contribution in [1.29, 1.82) is 5.26 Å². The minimum atomic E-state index is 0.420. The van der Waals surface area contributed by atoms with E-state index in [1.807, 2.05) is 37.9 Å². The van der Waals surface area contributed by atoms with Crippen LogP contribution in [0.15, 0.2) is 24.3 Å². The van der Waals surface area contributed by atoms with Gasteiger partial charge in [0.15, 0.2) is 5.82 Å². The molecule has 0 bridgehead atoms. The third-order valence-electron chi connectivity index (χ3n) is 3.37. The van der Waals surface area contributed by atoms with Gasteiger partial charge in [-0.05, 0) is 19.4 Å². The number of hydrogen-bond acceptors (Lipinski definition) is 4. The van der Waals surface area contributed by atoms with Gasteiger partial charge in [-0.15, -0.1) is 0 Å². The fourth-order valence-corrected chi connectivity index (χ4v) is 1.97. The summed E-state index contributed by atoms with van der Waals surface area (Å²) < 4.78 is 1.69. The van der Waals surface area contributed by atoms with E-state index in [9.17, 15) is 5.26 Å². The Morgan fingerprint density at radius 3 is 2.55 bits per heavy atom. The Bertz CT molecular complexity index is 634. The number of rotatable bonds is 4. The first-order valence-electron chi connectivity index (χ1n) is 6.59. The molecule has 5 nitrogen and oxygen atoms in total. The summed E-state index contributed by atoms with van der Waals surface area (Å²) in [6, 6.07) is 10.3. The lowest BCUT2D eigenvalue weighted by molar-refractivity contribution is 0.691. The quantitative estimate of drug-likeness (QED) is 0.923. The number of aromatic nitrogens is 2. The van der Waals surface area contributed by atoms with Crippen LogP contribution in [-0.2, 0) is 6.54 Å². The van der Waals surface area contributed by atoms with Gasteiger partial charge in [0.2, 0.25) is 0 Å². The smallest absolute Gasteiger partial charge is 0.170 e. The molecule has 0 unspecified atom stereocenters. The summed E-state index contributed by atoms with van der Waals surface area (Å²) in [6.07, 6.45) is 0. The summed E-state index contributed by atoms with van der Waals surface area (Å²) in [7, 11) is 1.90. The van der Waals surface area contributed by atoms with Crippen LogP contribution in [0.25, 0.3) is 0 Å². The van der Waals surface area contributed by atoms with Gasteiger partial charge in [-0.3, -0.25) is 0 Å². The summed E-state index contributed by atoms with van der Waals surface area (Å²) in [4.78, 5) is 1.92. The van der Waals surface area contributed by atoms with Gasteiger partial charge < -0.3 is 10.6 Å². The molecule has 0 fully saturated rings. The third kappa shape index (κ3) is 2.59. The lowest BCUT2D eigenvalue weighted by atomic mass is 10.1. The Labute approximate surface area is 119 Å². The lowest BCUT2D eigenvalue weighted by Gasteiger charge is -2.12. The highest BCUT2D eigenvalue weighted by molar-refractivity contribution is 5.64. The van der Waals surface area contributed by atoms with Crippen molar-refractivity contribution in [2.24, 2.45) is 0 Å². The highest BCUT2D eigenvalue weighted by Gasteiger charge is 2.17. The maximum absolute atomic E-state index is 9.25. The average molecular weight is 269 g/mol. The predicted molar refractivity (Wildman–Crippen MR) is 80.6 cm³/mol. The minimum Gasteiger partial charge on any atom is -0.383 e. The Kier molecular flexibility index (Phi) is 3.94. The summed E-state index contributed by atoms with van der Waals surface area (Å²) in [5.74, 6) is 1.06. The molecule has 104 valence electrons. The van der Waals surface area contributed by atoms with Crippen LogP contribution in [0.1, 0.15) is 23.6 Å². The molecular formula is C15H19N5. The second-order valence-electron chi connectivity index (χ2n) is 4.85. The normalized spacial score (nSPS) is 10.3. The summed E-state index contributed by atoms with van der Waals surface area (Å²) >= 11 is 0. The molecule has 5 heteroatoms. The van der Waals surface area contributed by atoms with Crippen LogP contribution < -0.4 is 10.6 Å². The van der Waals surface area contributed by atoms with Crippen molar-refractivity contribution in [2.75, 3.05) is 24.2 Å². The van der Waals surface area contributed by atoms with Gasteiger partial charge in [-0.25, -0.2) is 4.68 Å². The van der Waals surface area contributed by atoms with E-state index in [0.29, 0.717) is 23.7 Å². The molecule has 0 saturated heterocycles. The van der Waals surface area contributed by atoms with E-state index in [2.05, 4.69) is 23.3 Å². The van der Waals surface area contributed by atoms with E-state index in [4.69, 9.17) is 5.73 Å². The largest absolute Gasteiger partial charge is 0.383 e. The molecule has 0 atom stereocenters. The van der Waals surface area contributed by atoms with Gasteiger partial charge >= 0.3 is 0 Å². The maximum atomic E-state index is 9.25. The predicted octanol–water partition coefficient (Wildman–Crippen LogP) is 2.15. The van der Waals surface area contributed by atoms with Gasteiger partial charge in [0, 0.05) is 13.6 Å². The summed E-state index contributed by atoms with van der Waals surface area (Å²) in [5, 5.41) is 13.7. The molecule has 0 saturated carbocycles. The van der Waals surface area contributed by atoms with Crippen molar-refractivity contribution in [3.05, 3.63) is 41.0 Å². The number of nitrogen functional groups attached to an aromatic ring is 1. The number of anilines is 2. The van der Waals surface area contributed by atoms with Gasteiger partial charge in [-0.2, -0.15) is 10.4 Å². The zero-order valence-electron chi connectivity index (χ0n) is 12.1. The van der Waals surface area contributed by atoms with E-state index in [1.54, 1.807) is 4.68 Å². The highest BCUT2D eigenvalue weighted by atomic mass is 15.4. The van der Waals surface area contributed by atoms with E-state index in [-0.39, 0.29) is 0 Å². The van der Waals surface area contributed by atoms with Crippen molar-refractivity contribution in [1.82, 2.24) is 9.78 Å². The van der Waals surface area contributed by atoms with E-state index >= 15 is 0 Å². The fraction of sp³-hybridized carbons (Fsp3) is 0.333. The van der Waals surface area contributed by atoms with Gasteiger partial charge in [-0.1, -0.05) is 29.8 Å². The van der Waals surface area contributed by atoms with E-state index in [0.717, 1.165) is 12.1 Å². The lowest BCUT2D eigenvalue weighted by Crippen LogP contribution is -2.17. The molecule has 0 aliphatic rings. The van der Waals surface area contributed by atoms with Crippen LogP contribution >= 0.6 is 0 Å². The third-order valence-corrected chi connectivity index (χ3v) is 3.37. The van der Waals surface area contributed by atoms with Crippen LogP contribution in [0.3, 0.4) is 0 Å². The molecule has 0 amide bonds. The number of nitriles is 1. The van der Waals surface area contributed by atoms with Crippen LogP contribution in [-0.4, -0.2) is 23.4 Å². The first-order valence-corrected chi connectivity index (χ1v) is 6.59. The van der Waals surface area contributed by atoms with Crippen LogP contribution in [0.4, 0.5) is 11.6 Å². The molecule has 0 aliphatic heterocycles. The van der Waals surface area contributed by atoms with Crippen molar-refractivity contribution in [3.8, 4) is 6.07 Å². The van der Waals surface area contributed by atoms with Crippen molar-refractivity contribution in [2.45, 2.75) is 20.4 Å². The Hall–Kier alpha value is -2.48. The highest BCUT2D eigenvalue weighted by Crippen LogP contribution is 2.24. The number of aryl methyl sites for hydroxylation is 1. The van der Waals surface area contributed by atoms with Crippen molar-refractivity contribution >= 4 is 11.6 Å². The molecule has 2 rings (SSSR count). The fourth-order valence-electron chi connectivity index (χ4n) is 1.97. The number of benzene rings is 1. The molecule has 2 aromatic rings. The SMILES string of the molecule is CCN(C)c1nn(Cc2ccc(C)cc2)c(N)c1C#N. The van der Waals surface area contributed by atoms with Gasteiger partial charge in [0.1, 0.15) is 17.5 Å². The topological polar surface area (TPSA) is 70.9 Å². The van der Waals surface area contributed by atoms with E-state index in [1.165, 1.54) is 5.56 Å². The number of nitrogens with zero attached hydrogens (tertiary/aromatic N) is 4. The minimum absolute atomic E-state index is 0.420. The van der Waals surface area contributed by atoms with E-state index < -0.39 is 0 Å². The summed E-state index contributed by atoms with van der Waals surface area (Å²) in [5.41, 5.74) is 8.81. The Balaban J connectivity index is 2.35. The molecule has 0 radical (unpaired) electrons. The number of hydrogen-bond donors (Lipinski definition) is 1. The van der Waals surface area contributed by atoms with Crippen LogP contribution in [0.2, 0.25) is 0 Å². The first kappa shape index (κ1) is 13.9. The monoisotopic (exact) mass is 269 g/mol. The van der Waals surface area contributed by atoms with Crippen LogP contribution in [0, 0.1) is 18.3 Å². The Morgan fingerprint density at radius 2 is 2.00 bits per heavy atom. The molecule has 1 aromatic heterocycles. The second kappa shape index (κ2) is 5.66. The zero-order valence-corrected chi connectivity index (χ0v) is 12.1. The average Bonchev–Trinajstić information content (AvgIpc) is 2.77. The Morgan fingerprint density at radius 1 is 1.35 bits per heavy atom. The second-order valence-corrected chi connectivity index (χ2v) is 4.85. The van der Waals surface area contributed by atoms with Crippen molar-refractivity contribution in [3.63, 3.8) is 0 Å². The molecule has 0 aliphatic carbocycles. The van der Waals surface area contributed by atoms with Crippen molar-refractivity contribution < 1.29 is 0 Å². The molecular weight excluding hydrogens is 250 g/mol. The molecule has 2 N–H and O–H groups in total. The molecule has 1 heterocycles. The molecule has 20 heavy (non-hydrogen) atoms. The van der Waals surface area contributed by atoms with Gasteiger partial charge in [0.05, 0.1) is 6.54 Å². The standard InChI is InChI=1S/C15H19N5/c1-4-19(3)15-13(9-16)14(17)20(18-15)10-12-7-5-11(2)6-8-12/h5-8H,4,10,17H2,1-3H3. The first-order chi connectivity index (χ1) is 9.56.